The van der Waals surface area contributed by atoms with Crippen molar-refractivity contribution in [3.05, 3.63) is 71.0 Å². The van der Waals surface area contributed by atoms with Crippen LogP contribution in [0.1, 0.15) is 22.6 Å². The average molecular weight is 243 g/mol. The molecule has 0 bridgehead atoms. The van der Waals surface area contributed by atoms with Crippen molar-refractivity contribution in [2.45, 2.75) is 19.3 Å². The Balaban J connectivity index is 2.14. The highest BCUT2D eigenvalue weighted by atomic mass is 19.1. The third kappa shape index (κ3) is 3.17. The van der Waals surface area contributed by atoms with Gasteiger partial charge in [0.1, 0.15) is 5.82 Å². The zero-order valence-electron chi connectivity index (χ0n) is 10.6. The molecular formula is C16H18FN. The summed E-state index contributed by atoms with van der Waals surface area (Å²) in [5, 5.41) is 0. The molecule has 0 saturated carbocycles. The van der Waals surface area contributed by atoms with Crippen molar-refractivity contribution < 1.29 is 4.39 Å². The number of rotatable bonds is 4. The number of nitrogens with two attached hydrogens (primary N) is 1. The monoisotopic (exact) mass is 243 g/mol. The Morgan fingerprint density at radius 1 is 1.00 bits per heavy atom. The van der Waals surface area contributed by atoms with E-state index in [1.54, 1.807) is 0 Å². The summed E-state index contributed by atoms with van der Waals surface area (Å²) in [6.45, 7) is 2.67. The summed E-state index contributed by atoms with van der Waals surface area (Å²) in [6.07, 6.45) is 0.847. The lowest BCUT2D eigenvalue weighted by Crippen LogP contribution is -2.15. The Labute approximate surface area is 107 Å². The lowest BCUT2D eigenvalue weighted by Gasteiger charge is -2.15. The Morgan fingerprint density at radius 3 is 2.17 bits per heavy atom. The molecule has 1 atom stereocenters. The van der Waals surface area contributed by atoms with Crippen LogP contribution in [0.3, 0.4) is 0 Å². The SMILES string of the molecule is Cc1ccc(C(CN)Cc2ccc(F)cc2)cc1. The first-order chi connectivity index (χ1) is 8.69. The molecule has 0 aromatic heterocycles. The zero-order valence-corrected chi connectivity index (χ0v) is 10.6. The molecule has 2 rings (SSSR count). The molecule has 2 N–H and O–H groups in total. The van der Waals surface area contributed by atoms with E-state index in [9.17, 15) is 4.39 Å². The molecule has 94 valence electrons. The van der Waals surface area contributed by atoms with Gasteiger partial charge in [-0.15, -0.1) is 0 Å². The third-order valence-electron chi connectivity index (χ3n) is 3.23. The van der Waals surface area contributed by atoms with Crippen molar-refractivity contribution >= 4 is 0 Å². The summed E-state index contributed by atoms with van der Waals surface area (Å²) < 4.78 is 12.8. The highest BCUT2D eigenvalue weighted by molar-refractivity contribution is 5.27. The van der Waals surface area contributed by atoms with E-state index in [0.29, 0.717) is 6.54 Å². The number of hydrogen-bond donors (Lipinski definition) is 1. The van der Waals surface area contributed by atoms with Gasteiger partial charge in [0.25, 0.3) is 0 Å². The van der Waals surface area contributed by atoms with Crippen LogP contribution in [0.4, 0.5) is 4.39 Å². The van der Waals surface area contributed by atoms with Crippen molar-refractivity contribution in [3.63, 3.8) is 0 Å². The van der Waals surface area contributed by atoms with Crippen LogP contribution >= 0.6 is 0 Å². The molecule has 2 aromatic rings. The van der Waals surface area contributed by atoms with Crippen molar-refractivity contribution in [1.82, 2.24) is 0 Å². The highest BCUT2D eigenvalue weighted by Gasteiger charge is 2.10. The van der Waals surface area contributed by atoms with E-state index >= 15 is 0 Å². The highest BCUT2D eigenvalue weighted by Crippen LogP contribution is 2.20. The molecule has 0 fully saturated rings. The molecule has 0 aliphatic carbocycles. The van der Waals surface area contributed by atoms with Gasteiger partial charge in [-0.3, -0.25) is 0 Å². The fraction of sp³-hybridized carbons (Fsp3) is 0.250. The minimum Gasteiger partial charge on any atom is -0.330 e. The van der Waals surface area contributed by atoms with E-state index in [0.717, 1.165) is 12.0 Å². The summed E-state index contributed by atoms with van der Waals surface area (Å²) >= 11 is 0. The Morgan fingerprint density at radius 2 is 1.61 bits per heavy atom. The first-order valence-corrected chi connectivity index (χ1v) is 6.20. The second-order valence-electron chi connectivity index (χ2n) is 4.67. The molecule has 0 amide bonds. The molecule has 1 nitrogen and oxygen atoms in total. The van der Waals surface area contributed by atoms with Gasteiger partial charge in [-0.1, -0.05) is 42.0 Å². The molecule has 0 heterocycles. The maximum absolute atomic E-state index is 12.8. The maximum atomic E-state index is 12.8. The van der Waals surface area contributed by atoms with Crippen LogP contribution < -0.4 is 5.73 Å². The van der Waals surface area contributed by atoms with Gasteiger partial charge in [-0.05, 0) is 43.1 Å². The van der Waals surface area contributed by atoms with Gasteiger partial charge in [-0.25, -0.2) is 4.39 Å². The quantitative estimate of drug-likeness (QED) is 0.874. The zero-order chi connectivity index (χ0) is 13.0. The van der Waals surface area contributed by atoms with Gasteiger partial charge in [0.05, 0.1) is 0 Å². The third-order valence-corrected chi connectivity index (χ3v) is 3.23. The molecule has 18 heavy (non-hydrogen) atoms. The smallest absolute Gasteiger partial charge is 0.123 e. The molecule has 0 aliphatic rings. The van der Waals surface area contributed by atoms with Crippen molar-refractivity contribution in [2.24, 2.45) is 5.73 Å². The minimum atomic E-state index is -0.196. The lowest BCUT2D eigenvalue weighted by molar-refractivity contribution is 0.625. The number of hydrogen-bond acceptors (Lipinski definition) is 1. The van der Waals surface area contributed by atoms with Crippen LogP contribution in [0.15, 0.2) is 48.5 Å². The van der Waals surface area contributed by atoms with E-state index in [4.69, 9.17) is 5.73 Å². The lowest BCUT2D eigenvalue weighted by atomic mass is 9.91. The Hall–Kier alpha value is -1.67. The Bertz CT molecular complexity index is 488. The summed E-state index contributed by atoms with van der Waals surface area (Å²) in [6, 6.07) is 15.1. The Kier molecular flexibility index (Phi) is 4.11. The predicted octanol–water partition coefficient (Wildman–Crippen LogP) is 3.42. The first-order valence-electron chi connectivity index (χ1n) is 6.20. The van der Waals surface area contributed by atoms with Crippen LogP contribution in [-0.4, -0.2) is 6.54 Å². The van der Waals surface area contributed by atoms with Crippen LogP contribution in [0.5, 0.6) is 0 Å². The van der Waals surface area contributed by atoms with E-state index in [1.807, 2.05) is 12.1 Å². The van der Waals surface area contributed by atoms with Crippen molar-refractivity contribution in [3.8, 4) is 0 Å². The van der Waals surface area contributed by atoms with E-state index in [-0.39, 0.29) is 11.7 Å². The molecule has 0 aliphatic heterocycles. The van der Waals surface area contributed by atoms with Crippen LogP contribution in [0.25, 0.3) is 0 Å². The standard InChI is InChI=1S/C16H18FN/c1-12-2-6-14(7-3-12)15(11-18)10-13-4-8-16(17)9-5-13/h2-9,15H,10-11,18H2,1H3. The van der Waals surface area contributed by atoms with Crippen LogP contribution in [-0.2, 0) is 6.42 Å². The van der Waals surface area contributed by atoms with Gasteiger partial charge in [0.15, 0.2) is 0 Å². The number of aryl methyl sites for hydroxylation is 1. The van der Waals surface area contributed by atoms with Crippen LogP contribution in [0.2, 0.25) is 0 Å². The van der Waals surface area contributed by atoms with E-state index < -0.39 is 0 Å². The number of benzene rings is 2. The fourth-order valence-electron chi connectivity index (χ4n) is 2.08. The van der Waals surface area contributed by atoms with Gasteiger partial charge in [-0.2, -0.15) is 0 Å². The summed E-state index contributed by atoms with van der Waals surface area (Å²) in [5.74, 6) is 0.0921. The molecule has 1 unspecified atom stereocenters. The van der Waals surface area contributed by atoms with Gasteiger partial charge < -0.3 is 5.73 Å². The van der Waals surface area contributed by atoms with E-state index in [1.165, 1.54) is 23.3 Å². The fourth-order valence-corrected chi connectivity index (χ4v) is 2.08. The summed E-state index contributed by atoms with van der Waals surface area (Å²) in [4.78, 5) is 0. The summed E-state index contributed by atoms with van der Waals surface area (Å²) in [5.41, 5.74) is 9.45. The van der Waals surface area contributed by atoms with Crippen LogP contribution in [0, 0.1) is 12.7 Å². The second-order valence-corrected chi connectivity index (χ2v) is 4.67. The molecule has 0 spiro atoms. The molecular weight excluding hydrogens is 225 g/mol. The van der Waals surface area contributed by atoms with Gasteiger partial charge in [0, 0.05) is 5.92 Å². The number of halogens is 1. The van der Waals surface area contributed by atoms with Crippen molar-refractivity contribution in [2.75, 3.05) is 6.54 Å². The normalized spacial score (nSPS) is 12.4. The predicted molar refractivity (Wildman–Crippen MR) is 73.1 cm³/mol. The second kappa shape index (κ2) is 5.78. The van der Waals surface area contributed by atoms with Crippen molar-refractivity contribution in [1.29, 1.82) is 0 Å². The molecule has 2 aromatic carbocycles. The molecule has 2 heteroatoms. The molecule has 0 saturated heterocycles. The maximum Gasteiger partial charge on any atom is 0.123 e. The van der Waals surface area contributed by atoms with Gasteiger partial charge >= 0.3 is 0 Å². The molecule has 0 radical (unpaired) electrons. The largest absolute Gasteiger partial charge is 0.330 e. The minimum absolute atomic E-state index is 0.196. The average Bonchev–Trinajstić information content (AvgIpc) is 2.39. The topological polar surface area (TPSA) is 26.0 Å². The first kappa shape index (κ1) is 12.8. The van der Waals surface area contributed by atoms with Gasteiger partial charge in [0.2, 0.25) is 0 Å². The van der Waals surface area contributed by atoms with E-state index in [2.05, 4.69) is 31.2 Å². The summed E-state index contributed by atoms with van der Waals surface area (Å²) in [7, 11) is 0.